The summed E-state index contributed by atoms with van der Waals surface area (Å²) in [6.07, 6.45) is 1.61. The number of carbonyl (C=O) groups is 2. The van der Waals surface area contributed by atoms with Gasteiger partial charge in [0.2, 0.25) is 0 Å². The molecule has 2 fully saturated rings. The van der Waals surface area contributed by atoms with Gasteiger partial charge in [-0.25, -0.2) is 4.79 Å². The minimum Gasteiger partial charge on any atom is -0.459 e. The van der Waals surface area contributed by atoms with E-state index in [0.29, 0.717) is 37.4 Å². The van der Waals surface area contributed by atoms with E-state index in [9.17, 15) is 14.7 Å². The number of hydrogen-bond acceptors (Lipinski definition) is 7. The lowest BCUT2D eigenvalue weighted by Gasteiger charge is -2.47. The Bertz CT molecular complexity index is 1320. The number of likely N-dealkylation sites (tertiary alicyclic amines) is 2. The number of aromatic nitrogens is 2. The van der Waals surface area contributed by atoms with Gasteiger partial charge in [0, 0.05) is 48.5 Å². The van der Waals surface area contributed by atoms with Gasteiger partial charge in [-0.05, 0) is 38.0 Å². The first-order valence-corrected chi connectivity index (χ1v) is 13.2. The Balaban J connectivity index is 1.38. The monoisotopic (exact) mass is 522 g/mol. The molecule has 2 saturated heterocycles. The molecule has 2 aliphatic rings. The number of nitrogen functional groups attached to an aromatic ring is 1. The van der Waals surface area contributed by atoms with Gasteiger partial charge in [-0.3, -0.25) is 10.2 Å². The van der Waals surface area contributed by atoms with Crippen LogP contribution in [0.2, 0.25) is 0 Å². The molecule has 3 unspecified atom stereocenters. The standard InChI is InChI=1S/C26H30N6O4S/c1-15-22(20-13-31(16(20)2)26(35)30-10-9-19(33)12-30)29-32(24(34)21-4-3-11-36-21)25(15)37-14-17-5-7-18(8-6-17)23(27)28/h3-8,11,16,19-20,33H,9-10,12-14H2,1-2H3,(H3,27,28). The molecular formula is C26H30N6O4S. The van der Waals surface area contributed by atoms with E-state index in [1.807, 2.05) is 38.1 Å². The molecule has 2 aliphatic heterocycles. The molecule has 1 aromatic carbocycles. The molecule has 3 atom stereocenters. The van der Waals surface area contributed by atoms with Crippen LogP contribution >= 0.6 is 11.8 Å². The fourth-order valence-electron chi connectivity index (χ4n) is 4.87. The molecule has 0 aliphatic carbocycles. The number of benzene rings is 1. The maximum absolute atomic E-state index is 13.3. The van der Waals surface area contributed by atoms with Gasteiger partial charge in [0.25, 0.3) is 0 Å². The quantitative estimate of drug-likeness (QED) is 0.257. The van der Waals surface area contributed by atoms with Crippen LogP contribution in [0.5, 0.6) is 0 Å². The molecule has 194 valence electrons. The summed E-state index contributed by atoms with van der Waals surface area (Å²) in [4.78, 5) is 29.7. The summed E-state index contributed by atoms with van der Waals surface area (Å²) in [6.45, 7) is 5.40. The Kier molecular flexibility index (Phi) is 6.82. The Morgan fingerprint density at radius 1 is 1.24 bits per heavy atom. The minimum atomic E-state index is -0.458. The molecule has 0 spiro atoms. The van der Waals surface area contributed by atoms with Gasteiger partial charge >= 0.3 is 11.9 Å². The average molecular weight is 523 g/mol. The topological polar surface area (TPSA) is 142 Å². The fraction of sp³-hybridized carbons (Fsp3) is 0.385. The summed E-state index contributed by atoms with van der Waals surface area (Å²) < 4.78 is 6.77. The maximum Gasteiger partial charge on any atom is 0.320 e. The lowest BCUT2D eigenvalue weighted by atomic mass is 9.86. The van der Waals surface area contributed by atoms with E-state index in [0.717, 1.165) is 21.8 Å². The highest BCUT2D eigenvalue weighted by molar-refractivity contribution is 7.98. The third-order valence-electron chi connectivity index (χ3n) is 7.17. The first-order valence-electron chi connectivity index (χ1n) is 12.2. The number of rotatable bonds is 6. The number of nitrogens with one attached hydrogen (secondary N) is 1. The highest BCUT2D eigenvalue weighted by atomic mass is 32.2. The van der Waals surface area contributed by atoms with E-state index < -0.39 is 6.10 Å². The van der Waals surface area contributed by atoms with E-state index >= 15 is 0 Å². The molecule has 10 nitrogen and oxygen atoms in total. The number of nitrogens with two attached hydrogens (primary N) is 1. The number of urea groups is 1. The molecule has 0 bridgehead atoms. The third kappa shape index (κ3) is 4.76. The van der Waals surface area contributed by atoms with Crippen LogP contribution < -0.4 is 5.73 Å². The maximum atomic E-state index is 13.3. The Hall–Kier alpha value is -3.57. The first kappa shape index (κ1) is 25.1. The number of furan rings is 1. The number of aliphatic hydroxyl groups is 1. The summed E-state index contributed by atoms with van der Waals surface area (Å²) >= 11 is 1.50. The molecule has 11 heteroatoms. The second-order valence-corrected chi connectivity index (χ2v) is 10.5. The van der Waals surface area contributed by atoms with Crippen molar-refractivity contribution in [3.63, 3.8) is 0 Å². The summed E-state index contributed by atoms with van der Waals surface area (Å²) in [5, 5.41) is 22.8. The lowest BCUT2D eigenvalue weighted by Crippen LogP contribution is -2.59. The molecule has 0 radical (unpaired) electrons. The van der Waals surface area contributed by atoms with E-state index in [1.165, 1.54) is 22.7 Å². The average Bonchev–Trinajstić information content (AvgIpc) is 3.63. The van der Waals surface area contributed by atoms with Crippen LogP contribution in [0.3, 0.4) is 0 Å². The number of amidine groups is 1. The van der Waals surface area contributed by atoms with E-state index in [4.69, 9.17) is 20.7 Å². The van der Waals surface area contributed by atoms with Gasteiger partial charge < -0.3 is 25.1 Å². The van der Waals surface area contributed by atoms with E-state index in [1.54, 1.807) is 21.9 Å². The number of hydrogen-bond donors (Lipinski definition) is 3. The molecule has 3 aromatic rings. The van der Waals surface area contributed by atoms with Gasteiger partial charge in [0.05, 0.1) is 18.1 Å². The predicted molar refractivity (Wildman–Crippen MR) is 139 cm³/mol. The van der Waals surface area contributed by atoms with Crippen molar-refractivity contribution in [3.05, 3.63) is 70.8 Å². The van der Waals surface area contributed by atoms with Gasteiger partial charge in [-0.1, -0.05) is 24.3 Å². The van der Waals surface area contributed by atoms with Gasteiger partial charge in [-0.15, -0.1) is 11.8 Å². The van der Waals surface area contributed by atoms with Gasteiger partial charge in [-0.2, -0.15) is 9.78 Å². The number of nitrogens with zero attached hydrogens (tertiary/aromatic N) is 4. The van der Waals surface area contributed by atoms with Crippen LogP contribution in [0.4, 0.5) is 4.79 Å². The zero-order chi connectivity index (χ0) is 26.3. The summed E-state index contributed by atoms with van der Waals surface area (Å²) in [5.74, 6) is 0.464. The van der Waals surface area contributed by atoms with Crippen molar-refractivity contribution in [2.24, 2.45) is 5.73 Å². The van der Waals surface area contributed by atoms with Crippen molar-refractivity contribution >= 4 is 29.5 Å². The van der Waals surface area contributed by atoms with Crippen LogP contribution in [0, 0.1) is 12.3 Å². The predicted octanol–water partition coefficient (Wildman–Crippen LogP) is 3.02. The second kappa shape index (κ2) is 10.1. The number of aliphatic hydroxyl groups excluding tert-OH is 1. The highest BCUT2D eigenvalue weighted by Crippen LogP contribution is 2.39. The SMILES string of the molecule is Cc1c(C2CN(C(=O)N3CCC(O)C3)C2C)nn(C(=O)c2ccco2)c1SCc1ccc(C(=N)N)cc1. The van der Waals surface area contributed by atoms with E-state index in [2.05, 4.69) is 0 Å². The minimum absolute atomic E-state index is 0.00340. The molecule has 4 heterocycles. The lowest BCUT2D eigenvalue weighted by molar-refractivity contribution is 0.0722. The van der Waals surface area contributed by atoms with Crippen LogP contribution in [0.25, 0.3) is 0 Å². The summed E-state index contributed by atoms with van der Waals surface area (Å²) in [6, 6.07) is 10.6. The van der Waals surface area contributed by atoms with Crippen molar-refractivity contribution in [2.45, 2.75) is 49.1 Å². The van der Waals surface area contributed by atoms with Crippen molar-refractivity contribution in [1.82, 2.24) is 19.6 Å². The second-order valence-electron chi connectivity index (χ2n) is 9.58. The Labute approximate surface area is 218 Å². The number of β-amino-alcohol motifs (C(OH)–C–C–N with tert-alkyl or cyclic N) is 1. The summed E-state index contributed by atoms with van der Waals surface area (Å²) in [7, 11) is 0. The number of amides is 2. The van der Waals surface area contributed by atoms with Crippen LogP contribution in [-0.4, -0.2) is 74.2 Å². The van der Waals surface area contributed by atoms with Crippen LogP contribution in [0.1, 0.15) is 52.2 Å². The molecular weight excluding hydrogens is 492 g/mol. The molecule has 0 saturated carbocycles. The fourth-order valence-corrected chi connectivity index (χ4v) is 5.93. The largest absolute Gasteiger partial charge is 0.459 e. The number of thioether (sulfide) groups is 1. The molecule has 2 amide bonds. The van der Waals surface area contributed by atoms with Crippen molar-refractivity contribution < 1.29 is 19.1 Å². The third-order valence-corrected chi connectivity index (χ3v) is 8.40. The van der Waals surface area contributed by atoms with E-state index in [-0.39, 0.29) is 35.5 Å². The Morgan fingerprint density at radius 3 is 2.59 bits per heavy atom. The van der Waals surface area contributed by atoms with Crippen LogP contribution in [-0.2, 0) is 5.75 Å². The normalized spacial score (nSPS) is 21.2. The smallest absolute Gasteiger partial charge is 0.320 e. The molecule has 4 N–H and O–H groups in total. The van der Waals surface area contributed by atoms with Gasteiger partial charge in [0.15, 0.2) is 5.76 Å². The van der Waals surface area contributed by atoms with Crippen LogP contribution in [0.15, 0.2) is 52.1 Å². The van der Waals surface area contributed by atoms with Crippen molar-refractivity contribution in [2.75, 3.05) is 19.6 Å². The zero-order valence-corrected chi connectivity index (χ0v) is 21.6. The Morgan fingerprint density at radius 2 is 2.00 bits per heavy atom. The molecule has 5 rings (SSSR count). The number of carbonyl (C=O) groups excluding carboxylic acids is 2. The molecule has 2 aromatic heterocycles. The zero-order valence-electron chi connectivity index (χ0n) is 20.8. The highest BCUT2D eigenvalue weighted by Gasteiger charge is 2.45. The first-order chi connectivity index (χ1) is 17.7. The summed E-state index contributed by atoms with van der Waals surface area (Å²) in [5.41, 5.74) is 8.95. The van der Waals surface area contributed by atoms with Gasteiger partial charge in [0.1, 0.15) is 10.9 Å². The van der Waals surface area contributed by atoms with Crippen molar-refractivity contribution in [3.8, 4) is 0 Å². The van der Waals surface area contributed by atoms with Crippen molar-refractivity contribution in [1.29, 1.82) is 5.41 Å². The molecule has 37 heavy (non-hydrogen) atoms.